The number of carbonyl (C=O) groups excluding carboxylic acids is 1. The van der Waals surface area contributed by atoms with Gasteiger partial charge < -0.3 is 4.74 Å². The lowest BCUT2D eigenvalue weighted by Gasteiger charge is -2.42. The summed E-state index contributed by atoms with van der Waals surface area (Å²) in [6.45, 7) is 8.49. The van der Waals surface area contributed by atoms with Crippen molar-refractivity contribution in [3.63, 3.8) is 0 Å². The summed E-state index contributed by atoms with van der Waals surface area (Å²) in [4.78, 5) is 12.6. The lowest BCUT2D eigenvalue weighted by molar-refractivity contribution is -0.0683. The van der Waals surface area contributed by atoms with E-state index >= 15 is 0 Å². The third-order valence-electron chi connectivity index (χ3n) is 5.22. The summed E-state index contributed by atoms with van der Waals surface area (Å²) in [7, 11) is 1.26. The highest BCUT2D eigenvalue weighted by molar-refractivity contribution is 8.00. The van der Waals surface area contributed by atoms with Crippen molar-refractivity contribution in [2.24, 2.45) is 0 Å². The minimum absolute atomic E-state index is 0.0299. The Hall–Kier alpha value is -2.21. The van der Waals surface area contributed by atoms with E-state index in [4.69, 9.17) is 0 Å². The number of rotatable bonds is 3. The van der Waals surface area contributed by atoms with Crippen molar-refractivity contribution in [2.45, 2.75) is 55.3 Å². The predicted molar refractivity (Wildman–Crippen MR) is 116 cm³/mol. The highest BCUT2D eigenvalue weighted by Crippen LogP contribution is 2.52. The topological polar surface area (TPSA) is 26.3 Å². The Morgan fingerprint density at radius 2 is 1.63 bits per heavy atom. The summed E-state index contributed by atoms with van der Waals surface area (Å²) in [5, 5.41) is 0. The van der Waals surface area contributed by atoms with Gasteiger partial charge in [-0.25, -0.2) is 4.79 Å². The number of esters is 1. The van der Waals surface area contributed by atoms with Gasteiger partial charge in [-0.2, -0.15) is 13.2 Å². The normalized spacial score (nSPS) is 17.9. The molecule has 0 saturated heterocycles. The number of allylic oxidation sites excluding steroid dienone is 1. The van der Waals surface area contributed by atoms with Crippen LogP contribution in [0, 0.1) is 0 Å². The van der Waals surface area contributed by atoms with E-state index in [1.807, 2.05) is 0 Å². The standard InChI is InChI=1S/C24H25F3O2S/c1-22(2)14-23(3,4)30-20-11-10-17(13-19(20)22)18(24(25,26)27)12-15-6-8-16(9-7-15)21(28)29-5/h6-13H,14H2,1-5H3/b18-12-. The van der Waals surface area contributed by atoms with Gasteiger partial charge in [0.2, 0.25) is 0 Å². The van der Waals surface area contributed by atoms with Gasteiger partial charge in [0.25, 0.3) is 0 Å². The zero-order valence-electron chi connectivity index (χ0n) is 17.7. The molecule has 2 aromatic rings. The largest absolute Gasteiger partial charge is 0.465 e. The van der Waals surface area contributed by atoms with Crippen molar-refractivity contribution in [2.75, 3.05) is 7.11 Å². The van der Waals surface area contributed by atoms with Gasteiger partial charge in [0.05, 0.1) is 18.2 Å². The van der Waals surface area contributed by atoms with E-state index < -0.39 is 17.7 Å². The van der Waals surface area contributed by atoms with Gasteiger partial charge in [-0.05, 0) is 58.9 Å². The second-order valence-electron chi connectivity index (χ2n) is 8.80. The first-order valence-corrected chi connectivity index (χ1v) is 10.5. The highest BCUT2D eigenvalue weighted by Gasteiger charge is 2.40. The smallest absolute Gasteiger partial charge is 0.417 e. The molecule has 2 nitrogen and oxygen atoms in total. The van der Waals surface area contributed by atoms with Gasteiger partial charge in [-0.3, -0.25) is 0 Å². The molecule has 1 aliphatic heterocycles. The molecular weight excluding hydrogens is 409 g/mol. The number of carbonyl (C=O) groups is 1. The molecule has 6 heteroatoms. The van der Waals surface area contributed by atoms with E-state index in [1.54, 1.807) is 30.0 Å². The van der Waals surface area contributed by atoms with E-state index in [2.05, 4.69) is 32.4 Å². The summed E-state index contributed by atoms with van der Waals surface area (Å²) in [6, 6.07) is 10.9. The fourth-order valence-corrected chi connectivity index (χ4v) is 5.75. The van der Waals surface area contributed by atoms with Crippen molar-refractivity contribution in [3.05, 3.63) is 64.7 Å². The number of fused-ring (bicyclic) bond motifs is 1. The third-order valence-corrected chi connectivity index (χ3v) is 6.49. The van der Waals surface area contributed by atoms with Crippen LogP contribution in [0.2, 0.25) is 0 Å². The maximum absolute atomic E-state index is 14.0. The minimum atomic E-state index is -4.51. The number of thioether (sulfide) groups is 1. The molecule has 0 amide bonds. The van der Waals surface area contributed by atoms with E-state index in [0.29, 0.717) is 11.1 Å². The summed E-state index contributed by atoms with van der Waals surface area (Å²) < 4.78 is 46.5. The van der Waals surface area contributed by atoms with Crippen LogP contribution in [0.1, 0.15) is 61.2 Å². The van der Waals surface area contributed by atoms with Crippen LogP contribution in [0.25, 0.3) is 11.6 Å². The molecule has 0 saturated carbocycles. The number of alkyl halides is 3. The van der Waals surface area contributed by atoms with Gasteiger partial charge in [0.1, 0.15) is 0 Å². The van der Waals surface area contributed by atoms with Crippen molar-refractivity contribution in [3.8, 4) is 0 Å². The molecule has 0 radical (unpaired) electrons. The van der Waals surface area contributed by atoms with Crippen LogP contribution in [0.15, 0.2) is 47.4 Å². The molecule has 0 aromatic heterocycles. The van der Waals surface area contributed by atoms with Gasteiger partial charge in [0, 0.05) is 9.64 Å². The Morgan fingerprint density at radius 1 is 1.03 bits per heavy atom. The molecule has 2 aromatic carbocycles. The van der Waals surface area contributed by atoms with Crippen molar-refractivity contribution >= 4 is 29.4 Å². The molecule has 0 atom stereocenters. The molecule has 0 fully saturated rings. The van der Waals surface area contributed by atoms with Crippen LogP contribution < -0.4 is 0 Å². The Balaban J connectivity index is 2.06. The number of halogens is 3. The predicted octanol–water partition coefficient (Wildman–Crippen LogP) is 7.13. The van der Waals surface area contributed by atoms with E-state index in [-0.39, 0.29) is 15.7 Å². The van der Waals surface area contributed by atoms with E-state index in [0.717, 1.165) is 23.0 Å². The SMILES string of the molecule is COC(=O)c1ccc(/C=C(/c2ccc3c(c2)C(C)(C)CC(C)(C)S3)C(F)(F)F)cc1. The first kappa shape index (κ1) is 22.5. The maximum Gasteiger partial charge on any atom is 0.417 e. The first-order chi connectivity index (χ1) is 13.8. The number of hydrogen-bond donors (Lipinski definition) is 0. The zero-order chi connectivity index (χ0) is 22.3. The van der Waals surface area contributed by atoms with Crippen LogP contribution in [-0.2, 0) is 10.2 Å². The second kappa shape index (κ2) is 7.80. The summed E-state index contributed by atoms with van der Waals surface area (Å²) in [5.41, 5.74) is 0.814. The fourth-order valence-electron chi connectivity index (χ4n) is 4.14. The molecule has 1 heterocycles. The number of methoxy groups -OCH3 is 1. The highest BCUT2D eigenvalue weighted by atomic mass is 32.2. The monoisotopic (exact) mass is 434 g/mol. The molecule has 0 unspecified atom stereocenters. The van der Waals surface area contributed by atoms with Crippen LogP contribution in [0.3, 0.4) is 0 Å². The number of ether oxygens (including phenoxy) is 1. The van der Waals surface area contributed by atoms with Crippen LogP contribution in [-0.4, -0.2) is 24.0 Å². The Kier molecular flexibility index (Phi) is 5.84. The summed E-state index contributed by atoms with van der Waals surface area (Å²) in [6.07, 6.45) is -2.52. The Bertz CT molecular complexity index is 987. The maximum atomic E-state index is 14.0. The Labute approximate surface area is 179 Å². The van der Waals surface area contributed by atoms with Crippen LogP contribution in [0.4, 0.5) is 13.2 Å². The van der Waals surface area contributed by atoms with Gasteiger partial charge in [-0.1, -0.05) is 45.9 Å². The van der Waals surface area contributed by atoms with Crippen LogP contribution in [0.5, 0.6) is 0 Å². The zero-order valence-corrected chi connectivity index (χ0v) is 18.5. The first-order valence-electron chi connectivity index (χ1n) is 9.64. The average molecular weight is 435 g/mol. The Morgan fingerprint density at radius 3 is 2.20 bits per heavy atom. The van der Waals surface area contributed by atoms with Crippen LogP contribution >= 0.6 is 11.8 Å². The van der Waals surface area contributed by atoms with Gasteiger partial charge in [-0.15, -0.1) is 11.8 Å². The molecule has 30 heavy (non-hydrogen) atoms. The quantitative estimate of drug-likeness (QED) is 0.380. The third kappa shape index (κ3) is 4.75. The number of benzene rings is 2. The molecule has 0 bridgehead atoms. The average Bonchev–Trinajstić information content (AvgIpc) is 2.63. The summed E-state index contributed by atoms with van der Waals surface area (Å²) >= 11 is 1.71. The van der Waals surface area contributed by atoms with E-state index in [1.165, 1.54) is 31.4 Å². The molecule has 160 valence electrons. The number of hydrogen-bond acceptors (Lipinski definition) is 3. The van der Waals surface area contributed by atoms with Crippen molar-refractivity contribution < 1.29 is 22.7 Å². The molecule has 0 aliphatic carbocycles. The molecule has 0 spiro atoms. The minimum Gasteiger partial charge on any atom is -0.465 e. The lowest BCUT2D eigenvalue weighted by atomic mass is 9.76. The molecule has 1 aliphatic rings. The lowest BCUT2D eigenvalue weighted by Crippen LogP contribution is -2.33. The second-order valence-corrected chi connectivity index (χ2v) is 10.6. The fraction of sp³-hybridized carbons (Fsp3) is 0.375. The van der Waals surface area contributed by atoms with E-state index in [9.17, 15) is 18.0 Å². The molecular formula is C24H25F3O2S. The van der Waals surface area contributed by atoms with Gasteiger partial charge >= 0.3 is 12.1 Å². The van der Waals surface area contributed by atoms with Crippen molar-refractivity contribution in [1.29, 1.82) is 0 Å². The molecule has 3 rings (SSSR count). The van der Waals surface area contributed by atoms with Gasteiger partial charge in [0.15, 0.2) is 0 Å². The molecule has 0 N–H and O–H groups in total. The van der Waals surface area contributed by atoms with Crippen molar-refractivity contribution in [1.82, 2.24) is 0 Å². The summed E-state index contributed by atoms with van der Waals surface area (Å²) in [5.74, 6) is -0.529.